The summed E-state index contributed by atoms with van der Waals surface area (Å²) in [5, 5.41) is 6.35. The van der Waals surface area contributed by atoms with E-state index in [1.54, 1.807) is 0 Å². The fraction of sp³-hybridized carbons (Fsp3) is 0.533. The molecule has 110 valence electrons. The zero-order valence-corrected chi connectivity index (χ0v) is 12.3. The van der Waals surface area contributed by atoms with Crippen LogP contribution in [0.15, 0.2) is 18.2 Å². The highest BCUT2D eigenvalue weighted by molar-refractivity contribution is 5.85. The van der Waals surface area contributed by atoms with Crippen molar-refractivity contribution in [1.29, 1.82) is 0 Å². The number of halogens is 1. The van der Waals surface area contributed by atoms with E-state index >= 15 is 0 Å². The Labute approximate surface area is 125 Å². The second kappa shape index (κ2) is 7.07. The first kappa shape index (κ1) is 15.3. The number of hydrogen-bond acceptors (Lipinski definition) is 3. The van der Waals surface area contributed by atoms with Crippen LogP contribution in [-0.2, 0) is 29.2 Å². The Kier molecular flexibility index (Phi) is 5.40. The quantitative estimate of drug-likeness (QED) is 0.893. The molecule has 1 fully saturated rings. The van der Waals surface area contributed by atoms with Crippen molar-refractivity contribution in [2.75, 3.05) is 13.2 Å². The number of benzene rings is 1. The van der Waals surface area contributed by atoms with Gasteiger partial charge >= 0.3 is 0 Å². The lowest BCUT2D eigenvalue weighted by Crippen LogP contribution is -2.35. The van der Waals surface area contributed by atoms with E-state index in [2.05, 4.69) is 28.8 Å². The average molecular weight is 297 g/mol. The lowest BCUT2D eigenvalue weighted by atomic mass is 10.0. The highest BCUT2D eigenvalue weighted by Gasteiger charge is 2.21. The lowest BCUT2D eigenvalue weighted by Gasteiger charge is -2.21. The molecule has 1 amide bonds. The van der Waals surface area contributed by atoms with E-state index in [0.717, 1.165) is 32.5 Å². The fourth-order valence-electron chi connectivity index (χ4n) is 2.74. The van der Waals surface area contributed by atoms with Crippen LogP contribution in [0.3, 0.4) is 0 Å². The largest absolute Gasteiger partial charge is 0.381 e. The third-order valence-corrected chi connectivity index (χ3v) is 3.90. The zero-order valence-electron chi connectivity index (χ0n) is 11.5. The number of fused-ring (bicyclic) bond motifs is 1. The molecule has 1 atom stereocenters. The molecule has 1 saturated heterocycles. The number of hydrogen-bond donors (Lipinski definition) is 2. The van der Waals surface area contributed by atoms with Crippen molar-refractivity contribution in [2.45, 2.75) is 32.5 Å². The standard InChI is InChI=1S/C15H20N2O2.ClH/c18-15(13-2-1-5-19-10-13)17-7-11-3-4-12-8-16-9-14(12)6-11;/h3-4,6,13,16H,1-2,5,7-10H2,(H,17,18);1H. The SMILES string of the molecule is Cl.O=C(NCc1ccc2c(c1)CNC2)C1CCCOC1. The van der Waals surface area contributed by atoms with Gasteiger partial charge in [0.25, 0.3) is 0 Å². The number of rotatable bonds is 3. The molecule has 0 aliphatic carbocycles. The van der Waals surface area contributed by atoms with Crippen molar-refractivity contribution >= 4 is 18.3 Å². The molecule has 1 aromatic rings. The van der Waals surface area contributed by atoms with Gasteiger partial charge in [-0.25, -0.2) is 0 Å². The molecule has 0 bridgehead atoms. The van der Waals surface area contributed by atoms with Gasteiger partial charge in [0.1, 0.15) is 0 Å². The minimum atomic E-state index is 0. The van der Waals surface area contributed by atoms with Crippen molar-refractivity contribution in [3.63, 3.8) is 0 Å². The maximum absolute atomic E-state index is 12.0. The molecule has 0 spiro atoms. The van der Waals surface area contributed by atoms with Crippen LogP contribution in [0.2, 0.25) is 0 Å². The highest BCUT2D eigenvalue weighted by Crippen LogP contribution is 2.17. The van der Waals surface area contributed by atoms with E-state index in [1.807, 2.05) is 0 Å². The third kappa shape index (κ3) is 3.51. The van der Waals surface area contributed by atoms with E-state index in [9.17, 15) is 4.79 Å². The van der Waals surface area contributed by atoms with Crippen LogP contribution >= 0.6 is 12.4 Å². The van der Waals surface area contributed by atoms with Crippen LogP contribution in [0.4, 0.5) is 0 Å². The van der Waals surface area contributed by atoms with Gasteiger partial charge in [-0.3, -0.25) is 4.79 Å². The minimum absolute atomic E-state index is 0. The Morgan fingerprint density at radius 3 is 3.00 bits per heavy atom. The van der Waals surface area contributed by atoms with Crippen molar-refractivity contribution in [3.8, 4) is 0 Å². The normalized spacial score (nSPS) is 20.9. The molecular formula is C15H21ClN2O2. The van der Waals surface area contributed by atoms with Crippen molar-refractivity contribution in [2.24, 2.45) is 5.92 Å². The van der Waals surface area contributed by atoms with E-state index in [1.165, 1.54) is 16.7 Å². The van der Waals surface area contributed by atoms with Gasteiger partial charge in [-0.15, -0.1) is 12.4 Å². The van der Waals surface area contributed by atoms with Gasteiger partial charge in [0.15, 0.2) is 0 Å². The second-order valence-corrected chi connectivity index (χ2v) is 5.34. The third-order valence-electron chi connectivity index (χ3n) is 3.90. The summed E-state index contributed by atoms with van der Waals surface area (Å²) in [6, 6.07) is 6.44. The highest BCUT2D eigenvalue weighted by atomic mass is 35.5. The average Bonchev–Trinajstić information content (AvgIpc) is 2.93. The molecule has 2 N–H and O–H groups in total. The molecule has 2 aliphatic rings. The Morgan fingerprint density at radius 2 is 2.20 bits per heavy atom. The topological polar surface area (TPSA) is 50.4 Å². The summed E-state index contributed by atoms with van der Waals surface area (Å²) in [4.78, 5) is 12.0. The summed E-state index contributed by atoms with van der Waals surface area (Å²) < 4.78 is 5.35. The maximum Gasteiger partial charge on any atom is 0.225 e. The van der Waals surface area contributed by atoms with E-state index in [0.29, 0.717) is 13.2 Å². The van der Waals surface area contributed by atoms with Crippen molar-refractivity contribution in [1.82, 2.24) is 10.6 Å². The van der Waals surface area contributed by atoms with Crippen LogP contribution in [-0.4, -0.2) is 19.1 Å². The molecule has 1 unspecified atom stereocenters. The number of nitrogens with one attached hydrogen (secondary N) is 2. The number of amides is 1. The lowest BCUT2D eigenvalue weighted by molar-refractivity contribution is -0.129. The Bertz CT molecular complexity index is 473. The van der Waals surface area contributed by atoms with E-state index < -0.39 is 0 Å². The van der Waals surface area contributed by atoms with Gasteiger partial charge in [0.2, 0.25) is 5.91 Å². The summed E-state index contributed by atoms with van der Waals surface area (Å²) in [7, 11) is 0. The van der Waals surface area contributed by atoms with Gasteiger partial charge < -0.3 is 15.4 Å². The zero-order chi connectivity index (χ0) is 13.1. The molecule has 0 saturated carbocycles. The molecule has 2 aliphatic heterocycles. The summed E-state index contributed by atoms with van der Waals surface area (Å²) in [5.74, 6) is 0.156. The minimum Gasteiger partial charge on any atom is -0.381 e. The summed E-state index contributed by atoms with van der Waals surface area (Å²) in [6.45, 7) is 3.87. The first-order valence-electron chi connectivity index (χ1n) is 7.00. The van der Waals surface area contributed by atoms with Gasteiger partial charge in [-0.05, 0) is 29.5 Å². The predicted octanol–water partition coefficient (Wildman–Crippen LogP) is 1.75. The van der Waals surface area contributed by atoms with Gasteiger partial charge in [-0.2, -0.15) is 0 Å². The number of carbonyl (C=O) groups is 1. The second-order valence-electron chi connectivity index (χ2n) is 5.34. The molecule has 3 rings (SSSR count). The van der Waals surface area contributed by atoms with Crippen LogP contribution < -0.4 is 10.6 Å². The van der Waals surface area contributed by atoms with Crippen molar-refractivity contribution < 1.29 is 9.53 Å². The van der Waals surface area contributed by atoms with Crippen LogP contribution in [0.25, 0.3) is 0 Å². The predicted molar refractivity (Wildman–Crippen MR) is 79.6 cm³/mol. The van der Waals surface area contributed by atoms with E-state index in [4.69, 9.17) is 4.74 Å². The fourth-order valence-corrected chi connectivity index (χ4v) is 2.74. The monoisotopic (exact) mass is 296 g/mol. The van der Waals surface area contributed by atoms with Crippen molar-refractivity contribution in [3.05, 3.63) is 34.9 Å². The summed E-state index contributed by atoms with van der Waals surface area (Å²) in [6.07, 6.45) is 1.93. The smallest absolute Gasteiger partial charge is 0.225 e. The molecule has 2 heterocycles. The Hall–Kier alpha value is -1.10. The molecule has 20 heavy (non-hydrogen) atoms. The maximum atomic E-state index is 12.0. The summed E-state index contributed by atoms with van der Waals surface area (Å²) in [5.41, 5.74) is 3.90. The Morgan fingerprint density at radius 1 is 1.35 bits per heavy atom. The molecule has 4 nitrogen and oxygen atoms in total. The summed E-state index contributed by atoms with van der Waals surface area (Å²) >= 11 is 0. The number of carbonyl (C=O) groups excluding carboxylic acids is 1. The van der Waals surface area contributed by atoms with Crippen LogP contribution in [0.5, 0.6) is 0 Å². The van der Waals surface area contributed by atoms with Crippen LogP contribution in [0, 0.1) is 5.92 Å². The van der Waals surface area contributed by atoms with Gasteiger partial charge in [0.05, 0.1) is 12.5 Å². The number of ether oxygens (including phenoxy) is 1. The molecule has 0 radical (unpaired) electrons. The van der Waals surface area contributed by atoms with Gasteiger partial charge in [0, 0.05) is 26.2 Å². The Balaban J connectivity index is 0.00000147. The van der Waals surface area contributed by atoms with Crippen LogP contribution in [0.1, 0.15) is 29.5 Å². The molecule has 1 aromatic carbocycles. The molecule has 5 heteroatoms. The molecule has 0 aromatic heterocycles. The van der Waals surface area contributed by atoms with E-state index in [-0.39, 0.29) is 24.2 Å². The van der Waals surface area contributed by atoms with Gasteiger partial charge in [-0.1, -0.05) is 18.2 Å². The first-order valence-corrected chi connectivity index (χ1v) is 7.00. The first-order chi connectivity index (χ1) is 9.33. The molecular weight excluding hydrogens is 276 g/mol.